The van der Waals surface area contributed by atoms with Crippen molar-refractivity contribution in [2.45, 2.75) is 25.6 Å². The molecule has 96 valence electrons. The molecular formula is C11H18ClN3O2. The lowest BCUT2D eigenvalue weighted by atomic mass is 10.2. The van der Waals surface area contributed by atoms with Crippen molar-refractivity contribution in [3.05, 3.63) is 17.4 Å². The molecule has 0 bridgehead atoms. The van der Waals surface area contributed by atoms with Crippen LogP contribution in [0, 0.1) is 0 Å². The summed E-state index contributed by atoms with van der Waals surface area (Å²) in [4.78, 5) is 2.22. The molecule has 0 amide bonds. The van der Waals surface area contributed by atoms with Crippen molar-refractivity contribution in [3.63, 3.8) is 0 Å². The first-order chi connectivity index (χ1) is 8.20. The van der Waals surface area contributed by atoms with Crippen LogP contribution in [0.25, 0.3) is 0 Å². The topological polar surface area (TPSA) is 50.5 Å². The minimum Gasteiger partial charge on any atom is -0.389 e. The molecule has 5 nitrogen and oxygen atoms in total. The molecule has 0 aliphatic carbocycles. The molecule has 2 heterocycles. The SMILES string of the molecule is CCN(CCn1cc(Cl)cn1)[C@H]1COC[C@@H]1O. The molecule has 6 heteroatoms. The van der Waals surface area contributed by atoms with Crippen LogP contribution in [0.2, 0.25) is 5.02 Å². The van der Waals surface area contributed by atoms with Gasteiger partial charge in [0.15, 0.2) is 0 Å². The Balaban J connectivity index is 1.87. The zero-order valence-electron chi connectivity index (χ0n) is 9.92. The zero-order valence-corrected chi connectivity index (χ0v) is 10.7. The minimum absolute atomic E-state index is 0.103. The van der Waals surface area contributed by atoms with Crippen molar-refractivity contribution in [1.82, 2.24) is 14.7 Å². The van der Waals surface area contributed by atoms with Crippen LogP contribution in [0.4, 0.5) is 0 Å². The van der Waals surface area contributed by atoms with Crippen molar-refractivity contribution in [2.24, 2.45) is 0 Å². The van der Waals surface area contributed by atoms with Crippen LogP contribution in [-0.4, -0.2) is 58.2 Å². The lowest BCUT2D eigenvalue weighted by molar-refractivity contribution is 0.0823. The molecule has 0 spiro atoms. The smallest absolute Gasteiger partial charge is 0.0950 e. The Labute approximate surface area is 106 Å². The highest BCUT2D eigenvalue weighted by Crippen LogP contribution is 2.13. The number of nitrogens with zero attached hydrogens (tertiary/aromatic N) is 3. The third kappa shape index (κ3) is 3.19. The first kappa shape index (κ1) is 12.8. The Kier molecular flexibility index (Phi) is 4.39. The molecule has 0 saturated carbocycles. The average Bonchev–Trinajstić information content (AvgIpc) is 2.90. The number of halogens is 1. The molecule has 2 rings (SSSR count). The van der Waals surface area contributed by atoms with E-state index in [1.807, 2.05) is 4.68 Å². The number of aromatic nitrogens is 2. The number of hydrogen-bond donors (Lipinski definition) is 1. The Morgan fingerprint density at radius 3 is 3.00 bits per heavy atom. The van der Waals surface area contributed by atoms with E-state index in [1.165, 1.54) is 0 Å². The van der Waals surface area contributed by atoms with Crippen LogP contribution in [0.15, 0.2) is 12.4 Å². The number of aliphatic hydroxyl groups is 1. The molecule has 1 aliphatic rings. The third-order valence-electron chi connectivity index (χ3n) is 3.11. The van der Waals surface area contributed by atoms with Crippen LogP contribution in [-0.2, 0) is 11.3 Å². The molecule has 17 heavy (non-hydrogen) atoms. The Morgan fingerprint density at radius 2 is 2.47 bits per heavy atom. The van der Waals surface area contributed by atoms with E-state index in [9.17, 15) is 5.11 Å². The predicted octanol–water partition coefficient (Wildman–Crippen LogP) is 0.618. The fourth-order valence-electron chi connectivity index (χ4n) is 2.13. The van der Waals surface area contributed by atoms with Gasteiger partial charge in [0.25, 0.3) is 0 Å². The van der Waals surface area contributed by atoms with E-state index in [-0.39, 0.29) is 12.1 Å². The van der Waals surface area contributed by atoms with Crippen LogP contribution in [0.5, 0.6) is 0 Å². The summed E-state index contributed by atoms with van der Waals surface area (Å²) in [6.45, 7) is 5.62. The zero-order chi connectivity index (χ0) is 12.3. The van der Waals surface area contributed by atoms with E-state index >= 15 is 0 Å². The minimum atomic E-state index is -0.379. The van der Waals surface area contributed by atoms with Crippen molar-refractivity contribution < 1.29 is 9.84 Å². The van der Waals surface area contributed by atoms with Gasteiger partial charge in [0.2, 0.25) is 0 Å². The maximum Gasteiger partial charge on any atom is 0.0950 e. The second kappa shape index (κ2) is 5.82. The summed E-state index contributed by atoms with van der Waals surface area (Å²) < 4.78 is 7.09. The highest BCUT2D eigenvalue weighted by atomic mass is 35.5. The van der Waals surface area contributed by atoms with E-state index in [0.717, 1.165) is 19.6 Å². The first-order valence-corrected chi connectivity index (χ1v) is 6.26. The summed E-state index contributed by atoms with van der Waals surface area (Å²) in [7, 11) is 0. The summed E-state index contributed by atoms with van der Waals surface area (Å²) >= 11 is 5.80. The maximum absolute atomic E-state index is 9.78. The van der Waals surface area contributed by atoms with Crippen LogP contribution < -0.4 is 0 Å². The van der Waals surface area contributed by atoms with Gasteiger partial charge in [0.1, 0.15) is 0 Å². The Morgan fingerprint density at radius 1 is 1.65 bits per heavy atom. The first-order valence-electron chi connectivity index (χ1n) is 5.88. The van der Waals surface area contributed by atoms with Gasteiger partial charge in [-0.3, -0.25) is 9.58 Å². The van der Waals surface area contributed by atoms with Gasteiger partial charge in [-0.05, 0) is 6.54 Å². The maximum atomic E-state index is 9.78. The Hall–Kier alpha value is -0.620. The third-order valence-corrected chi connectivity index (χ3v) is 3.31. The standard InChI is InChI=1S/C11H18ClN3O2/c1-2-14(10-7-17-8-11(10)16)3-4-15-6-9(12)5-13-15/h5-6,10-11,16H,2-4,7-8H2,1H3/t10-,11-/m0/s1. The molecule has 1 fully saturated rings. The van der Waals surface area contributed by atoms with Crippen molar-refractivity contribution >= 4 is 11.6 Å². The second-order valence-electron chi connectivity index (χ2n) is 4.22. The summed E-state index contributed by atoms with van der Waals surface area (Å²) in [6.07, 6.45) is 3.05. The molecule has 1 aromatic heterocycles. The molecule has 1 saturated heterocycles. The number of ether oxygens (including phenoxy) is 1. The van der Waals surface area contributed by atoms with Crippen molar-refractivity contribution in [1.29, 1.82) is 0 Å². The van der Waals surface area contributed by atoms with Gasteiger partial charge >= 0.3 is 0 Å². The highest BCUT2D eigenvalue weighted by Gasteiger charge is 2.30. The molecule has 2 atom stereocenters. The van der Waals surface area contributed by atoms with Gasteiger partial charge in [0, 0.05) is 12.7 Å². The Bertz CT molecular complexity index is 358. The molecule has 1 aromatic rings. The van der Waals surface area contributed by atoms with Crippen LogP contribution in [0.3, 0.4) is 0 Å². The van der Waals surface area contributed by atoms with Gasteiger partial charge in [-0.2, -0.15) is 5.10 Å². The van der Waals surface area contributed by atoms with Gasteiger partial charge in [-0.1, -0.05) is 18.5 Å². The fraction of sp³-hybridized carbons (Fsp3) is 0.727. The summed E-state index contributed by atoms with van der Waals surface area (Å²) in [5.41, 5.74) is 0. The van der Waals surface area contributed by atoms with Crippen LogP contribution in [0.1, 0.15) is 6.92 Å². The van der Waals surface area contributed by atoms with E-state index in [1.54, 1.807) is 12.4 Å². The quantitative estimate of drug-likeness (QED) is 0.842. The lowest BCUT2D eigenvalue weighted by Crippen LogP contribution is -2.44. The fourth-order valence-corrected chi connectivity index (χ4v) is 2.29. The highest BCUT2D eigenvalue weighted by molar-refractivity contribution is 6.30. The van der Waals surface area contributed by atoms with E-state index in [2.05, 4.69) is 16.9 Å². The number of hydrogen-bond acceptors (Lipinski definition) is 4. The lowest BCUT2D eigenvalue weighted by Gasteiger charge is -2.28. The molecule has 1 N–H and O–H groups in total. The molecule has 0 unspecified atom stereocenters. The van der Waals surface area contributed by atoms with E-state index in [0.29, 0.717) is 18.2 Å². The van der Waals surface area contributed by atoms with Crippen molar-refractivity contribution in [3.8, 4) is 0 Å². The normalized spacial score (nSPS) is 24.7. The van der Waals surface area contributed by atoms with Crippen molar-refractivity contribution in [2.75, 3.05) is 26.3 Å². The monoisotopic (exact) mass is 259 g/mol. The average molecular weight is 260 g/mol. The summed E-state index contributed by atoms with van der Waals surface area (Å²) in [5.74, 6) is 0. The van der Waals surface area contributed by atoms with E-state index in [4.69, 9.17) is 16.3 Å². The van der Waals surface area contributed by atoms with Gasteiger partial charge < -0.3 is 9.84 Å². The number of likely N-dealkylation sites (N-methyl/N-ethyl adjacent to an activating group) is 1. The predicted molar refractivity (Wildman–Crippen MR) is 65.1 cm³/mol. The second-order valence-corrected chi connectivity index (χ2v) is 4.66. The van der Waals surface area contributed by atoms with Crippen LogP contribution >= 0.6 is 11.6 Å². The molecule has 0 radical (unpaired) electrons. The summed E-state index contributed by atoms with van der Waals surface area (Å²) in [6, 6.07) is 0.103. The summed E-state index contributed by atoms with van der Waals surface area (Å²) in [5, 5.41) is 14.6. The number of rotatable bonds is 5. The molecule has 1 aliphatic heterocycles. The van der Waals surface area contributed by atoms with Gasteiger partial charge in [-0.25, -0.2) is 0 Å². The molecule has 0 aromatic carbocycles. The van der Waals surface area contributed by atoms with E-state index < -0.39 is 0 Å². The largest absolute Gasteiger partial charge is 0.389 e. The van der Waals surface area contributed by atoms with Gasteiger partial charge in [0.05, 0.1) is 43.1 Å². The number of aliphatic hydroxyl groups excluding tert-OH is 1. The van der Waals surface area contributed by atoms with Gasteiger partial charge in [-0.15, -0.1) is 0 Å². The molecular weight excluding hydrogens is 242 g/mol.